The quantitative estimate of drug-likeness (QED) is 0.849. The molecule has 5 nitrogen and oxygen atoms in total. The normalized spacial score (nSPS) is 16.5. The molecule has 3 rings (SSSR count). The van der Waals surface area contributed by atoms with E-state index in [0.717, 1.165) is 0 Å². The summed E-state index contributed by atoms with van der Waals surface area (Å²) in [5, 5.41) is 11.0. The first-order chi connectivity index (χ1) is 10.4. The number of amides is 1. The minimum atomic E-state index is -0.588. The number of hydrogen-bond acceptors (Lipinski definition) is 5. The van der Waals surface area contributed by atoms with Crippen LogP contribution in [0.4, 0.5) is 14.3 Å². The van der Waals surface area contributed by atoms with E-state index in [-0.39, 0.29) is 5.56 Å². The number of aromatic nitrogens is 1. The van der Waals surface area contributed by atoms with Gasteiger partial charge in [-0.15, -0.1) is 11.3 Å². The number of anilines is 1. The number of ether oxygens (including phenoxy) is 1. The number of nitrogens with zero attached hydrogens (tertiary/aromatic N) is 3. The zero-order valence-electron chi connectivity index (χ0n) is 12.0. The zero-order valence-corrected chi connectivity index (χ0v) is 12.8. The maximum absolute atomic E-state index is 13.7. The van der Waals surface area contributed by atoms with Gasteiger partial charge < -0.3 is 4.74 Å². The van der Waals surface area contributed by atoms with E-state index in [2.05, 4.69) is 4.98 Å². The summed E-state index contributed by atoms with van der Waals surface area (Å²) in [6.07, 6.45) is -0.433. The van der Waals surface area contributed by atoms with Crippen LogP contribution in [-0.2, 0) is 4.74 Å². The van der Waals surface area contributed by atoms with Crippen LogP contribution in [0.15, 0.2) is 23.6 Å². The topological polar surface area (TPSA) is 66.2 Å². The first-order valence-electron chi connectivity index (χ1n) is 6.55. The highest BCUT2D eigenvalue weighted by molar-refractivity contribution is 7.14. The molecule has 2 aromatic rings. The largest absolute Gasteiger partial charge is 0.447 e. The highest BCUT2D eigenvalue weighted by Crippen LogP contribution is 2.35. The first kappa shape index (κ1) is 14.5. The Kier molecular flexibility index (Phi) is 3.34. The van der Waals surface area contributed by atoms with Gasteiger partial charge in [0.05, 0.1) is 16.8 Å². The van der Waals surface area contributed by atoms with Crippen LogP contribution in [0.1, 0.15) is 19.4 Å². The molecular formula is C15H12FN3O2S. The Hall–Kier alpha value is -2.46. The lowest BCUT2D eigenvalue weighted by Crippen LogP contribution is -2.42. The van der Waals surface area contributed by atoms with Gasteiger partial charge in [0, 0.05) is 10.9 Å². The molecule has 0 bridgehead atoms. The van der Waals surface area contributed by atoms with Crippen molar-refractivity contribution in [1.82, 2.24) is 4.98 Å². The van der Waals surface area contributed by atoms with Crippen LogP contribution in [0.5, 0.6) is 0 Å². The van der Waals surface area contributed by atoms with Gasteiger partial charge in [0.15, 0.2) is 5.13 Å². The Labute approximate surface area is 130 Å². The molecule has 0 radical (unpaired) electrons. The average molecular weight is 317 g/mol. The van der Waals surface area contributed by atoms with E-state index in [4.69, 9.17) is 10.00 Å². The molecule has 112 valence electrons. The zero-order chi connectivity index (χ0) is 15.9. The number of thiazole rings is 1. The van der Waals surface area contributed by atoms with Gasteiger partial charge in [-0.1, -0.05) is 6.07 Å². The van der Waals surface area contributed by atoms with Gasteiger partial charge >= 0.3 is 6.09 Å². The summed E-state index contributed by atoms with van der Waals surface area (Å²) in [5.74, 6) is -0.588. The van der Waals surface area contributed by atoms with E-state index in [1.165, 1.54) is 28.4 Å². The van der Waals surface area contributed by atoms with Crippen LogP contribution < -0.4 is 4.90 Å². The second kappa shape index (κ2) is 5.07. The molecule has 0 unspecified atom stereocenters. The number of carbonyl (C=O) groups is 1. The molecule has 0 atom stereocenters. The molecule has 0 spiro atoms. The van der Waals surface area contributed by atoms with E-state index in [9.17, 15) is 9.18 Å². The van der Waals surface area contributed by atoms with Gasteiger partial charge in [-0.3, -0.25) is 0 Å². The highest BCUT2D eigenvalue weighted by atomic mass is 32.1. The van der Waals surface area contributed by atoms with Gasteiger partial charge in [0.2, 0.25) is 0 Å². The minimum absolute atomic E-state index is 0.0107. The highest BCUT2D eigenvalue weighted by Gasteiger charge is 2.42. The molecule has 1 aromatic heterocycles. The van der Waals surface area contributed by atoms with Gasteiger partial charge in [0.25, 0.3) is 0 Å². The molecule has 1 aromatic carbocycles. The number of benzene rings is 1. The van der Waals surface area contributed by atoms with Crippen molar-refractivity contribution < 1.29 is 13.9 Å². The number of rotatable bonds is 2. The minimum Gasteiger partial charge on any atom is -0.447 e. The van der Waals surface area contributed by atoms with E-state index in [1.54, 1.807) is 17.5 Å². The Bertz CT molecular complexity index is 794. The molecule has 0 saturated carbocycles. The summed E-state index contributed by atoms with van der Waals surface area (Å²) in [4.78, 5) is 17.7. The molecule has 0 aliphatic carbocycles. The number of carbonyl (C=O) groups excluding carboxylic acids is 1. The van der Waals surface area contributed by atoms with E-state index >= 15 is 0 Å². The molecular weight excluding hydrogens is 305 g/mol. The van der Waals surface area contributed by atoms with Crippen molar-refractivity contribution in [2.24, 2.45) is 0 Å². The molecule has 1 fully saturated rings. The summed E-state index contributed by atoms with van der Waals surface area (Å²) in [6.45, 7) is 4.08. The van der Waals surface area contributed by atoms with E-state index < -0.39 is 17.4 Å². The number of nitriles is 1. The SMILES string of the molecule is CC1(C)COC(=O)N1c1nc(-c2ccc(C#N)c(F)c2)cs1. The predicted molar refractivity (Wildman–Crippen MR) is 80.1 cm³/mol. The fourth-order valence-electron chi connectivity index (χ4n) is 2.22. The smallest absolute Gasteiger partial charge is 0.416 e. The summed E-state index contributed by atoms with van der Waals surface area (Å²) in [5.41, 5.74) is 0.633. The van der Waals surface area contributed by atoms with Crippen LogP contribution >= 0.6 is 11.3 Å². The maximum atomic E-state index is 13.7. The van der Waals surface area contributed by atoms with Crippen molar-refractivity contribution in [2.75, 3.05) is 11.5 Å². The number of cyclic esters (lactones) is 1. The van der Waals surface area contributed by atoms with Crippen molar-refractivity contribution in [3.63, 3.8) is 0 Å². The standard InChI is InChI=1S/C15H12FN3O2S/c1-15(2)8-21-14(20)19(15)13-18-12(7-22-13)9-3-4-10(6-17)11(16)5-9/h3-5,7H,8H2,1-2H3. The second-order valence-electron chi connectivity index (χ2n) is 5.52. The number of hydrogen-bond donors (Lipinski definition) is 0. The lowest BCUT2D eigenvalue weighted by molar-refractivity contribution is 0.175. The number of halogens is 1. The fourth-order valence-corrected chi connectivity index (χ4v) is 3.20. The molecule has 1 saturated heterocycles. The van der Waals surface area contributed by atoms with Crippen LogP contribution in [0.2, 0.25) is 0 Å². The summed E-state index contributed by atoms with van der Waals surface area (Å²) in [7, 11) is 0. The maximum Gasteiger partial charge on any atom is 0.416 e. The third-order valence-corrected chi connectivity index (χ3v) is 4.23. The van der Waals surface area contributed by atoms with Crippen molar-refractivity contribution in [1.29, 1.82) is 5.26 Å². The lowest BCUT2D eigenvalue weighted by atomic mass is 10.1. The van der Waals surface area contributed by atoms with Crippen molar-refractivity contribution in [3.05, 3.63) is 35.0 Å². The molecule has 0 N–H and O–H groups in total. The van der Waals surface area contributed by atoms with Crippen LogP contribution in [-0.4, -0.2) is 23.2 Å². The third-order valence-electron chi connectivity index (χ3n) is 3.41. The van der Waals surface area contributed by atoms with E-state index in [0.29, 0.717) is 23.0 Å². The third kappa shape index (κ3) is 2.31. The molecule has 7 heteroatoms. The van der Waals surface area contributed by atoms with Crippen molar-refractivity contribution in [2.45, 2.75) is 19.4 Å². The Morgan fingerprint density at radius 2 is 2.27 bits per heavy atom. The van der Waals surface area contributed by atoms with Gasteiger partial charge in [-0.25, -0.2) is 19.1 Å². The van der Waals surface area contributed by atoms with E-state index in [1.807, 2.05) is 13.8 Å². The van der Waals surface area contributed by atoms with Gasteiger partial charge in [0.1, 0.15) is 18.5 Å². The molecule has 1 amide bonds. The molecule has 1 aliphatic rings. The molecule has 22 heavy (non-hydrogen) atoms. The van der Waals surface area contributed by atoms with Crippen LogP contribution in [0.25, 0.3) is 11.3 Å². The van der Waals surface area contributed by atoms with Crippen molar-refractivity contribution in [3.8, 4) is 17.3 Å². The van der Waals surface area contributed by atoms with Crippen LogP contribution in [0, 0.1) is 17.1 Å². The lowest BCUT2D eigenvalue weighted by Gasteiger charge is -2.24. The first-order valence-corrected chi connectivity index (χ1v) is 7.43. The molecule has 1 aliphatic heterocycles. The average Bonchev–Trinajstić information content (AvgIpc) is 3.03. The monoisotopic (exact) mass is 317 g/mol. The Morgan fingerprint density at radius 3 is 2.86 bits per heavy atom. The van der Waals surface area contributed by atoms with Gasteiger partial charge in [-0.05, 0) is 26.0 Å². The predicted octanol–water partition coefficient (Wildman–Crippen LogP) is 3.56. The van der Waals surface area contributed by atoms with Crippen LogP contribution in [0.3, 0.4) is 0 Å². The summed E-state index contributed by atoms with van der Waals surface area (Å²) in [6, 6.07) is 6.09. The van der Waals surface area contributed by atoms with Gasteiger partial charge in [-0.2, -0.15) is 5.26 Å². The second-order valence-corrected chi connectivity index (χ2v) is 6.36. The fraction of sp³-hybridized carbons (Fsp3) is 0.267. The summed E-state index contributed by atoms with van der Waals surface area (Å²) < 4.78 is 18.8. The summed E-state index contributed by atoms with van der Waals surface area (Å²) >= 11 is 1.29. The Morgan fingerprint density at radius 1 is 1.50 bits per heavy atom. The Balaban J connectivity index is 1.96. The molecule has 2 heterocycles. The van der Waals surface area contributed by atoms with Crippen molar-refractivity contribution >= 4 is 22.6 Å².